The highest BCUT2D eigenvalue weighted by Gasteiger charge is 2.28. The lowest BCUT2D eigenvalue weighted by molar-refractivity contribution is 0.145. The minimum Gasteiger partial charge on any atom is -0.495 e. The summed E-state index contributed by atoms with van der Waals surface area (Å²) in [5.41, 5.74) is 3.83. The second kappa shape index (κ2) is 11.6. The lowest BCUT2D eigenvalue weighted by Gasteiger charge is -2.32. The molecule has 9 heteroatoms. The fraction of sp³-hybridized carbons (Fsp3) is 0.448. The number of nitriles is 1. The van der Waals surface area contributed by atoms with E-state index in [4.69, 9.17) is 25.8 Å². The molecule has 0 radical (unpaired) electrons. The summed E-state index contributed by atoms with van der Waals surface area (Å²) in [4.78, 5) is 9.40. The van der Waals surface area contributed by atoms with E-state index >= 15 is 0 Å². The Morgan fingerprint density at radius 1 is 1.05 bits per heavy atom. The van der Waals surface area contributed by atoms with Gasteiger partial charge >= 0.3 is 0 Å². The van der Waals surface area contributed by atoms with Crippen molar-refractivity contribution in [3.63, 3.8) is 0 Å². The summed E-state index contributed by atoms with van der Waals surface area (Å²) in [6, 6.07) is 9.93. The molecule has 1 aliphatic carbocycles. The highest BCUT2D eigenvalue weighted by molar-refractivity contribution is 6.32. The maximum atomic E-state index is 9.90. The maximum absolute atomic E-state index is 9.90. The van der Waals surface area contributed by atoms with Gasteiger partial charge < -0.3 is 29.3 Å². The molecule has 38 heavy (non-hydrogen) atoms. The van der Waals surface area contributed by atoms with E-state index in [9.17, 15) is 5.26 Å². The van der Waals surface area contributed by atoms with Crippen LogP contribution in [0.5, 0.6) is 17.2 Å². The average Bonchev–Trinajstić information content (AvgIpc) is 3.78. The smallest absolute Gasteiger partial charge is 0.163 e. The van der Waals surface area contributed by atoms with Gasteiger partial charge in [0.05, 0.1) is 42.6 Å². The van der Waals surface area contributed by atoms with Crippen LogP contribution in [0.2, 0.25) is 5.02 Å². The number of piperazine rings is 1. The zero-order chi connectivity index (χ0) is 26.6. The van der Waals surface area contributed by atoms with Crippen LogP contribution < -0.4 is 19.5 Å². The molecule has 2 aliphatic rings. The lowest BCUT2D eigenvalue weighted by Crippen LogP contribution is -2.44. The van der Waals surface area contributed by atoms with Gasteiger partial charge in [-0.15, -0.1) is 0 Å². The number of nitrogens with zero attached hydrogens (tertiary/aromatic N) is 4. The molecule has 2 aromatic carbocycles. The van der Waals surface area contributed by atoms with E-state index in [1.807, 2.05) is 24.3 Å². The van der Waals surface area contributed by atoms with Gasteiger partial charge in [-0.25, -0.2) is 0 Å². The monoisotopic (exact) mass is 535 g/mol. The van der Waals surface area contributed by atoms with E-state index in [1.165, 1.54) is 0 Å². The Hall–Kier alpha value is -3.25. The van der Waals surface area contributed by atoms with Crippen LogP contribution in [0, 0.1) is 11.3 Å². The number of halogens is 1. The number of likely N-dealkylation sites (N-methyl/N-ethyl adjacent to an activating group) is 1. The first-order valence-electron chi connectivity index (χ1n) is 13.1. The summed E-state index contributed by atoms with van der Waals surface area (Å²) in [5.74, 6) is 2.28. The van der Waals surface area contributed by atoms with Crippen molar-refractivity contribution in [2.24, 2.45) is 0 Å². The predicted molar refractivity (Wildman–Crippen MR) is 150 cm³/mol. The number of fused-ring (bicyclic) bond motifs is 1. The molecule has 1 aromatic heterocycles. The third-order valence-electron chi connectivity index (χ3n) is 7.35. The Morgan fingerprint density at radius 3 is 2.50 bits per heavy atom. The fourth-order valence-electron chi connectivity index (χ4n) is 4.93. The second-order valence-electron chi connectivity index (χ2n) is 10.00. The normalized spacial score (nSPS) is 16.3. The van der Waals surface area contributed by atoms with Crippen LogP contribution in [0.1, 0.15) is 36.3 Å². The molecule has 5 rings (SSSR count). The molecule has 3 aromatic rings. The molecule has 1 N–H and O–H groups in total. The summed E-state index contributed by atoms with van der Waals surface area (Å²) >= 11 is 6.44. The number of rotatable bonds is 10. The number of hydrogen-bond donors (Lipinski definition) is 1. The van der Waals surface area contributed by atoms with Gasteiger partial charge in [0.1, 0.15) is 11.8 Å². The molecule has 200 valence electrons. The summed E-state index contributed by atoms with van der Waals surface area (Å²) < 4.78 is 17.3. The average molecular weight is 536 g/mol. The van der Waals surface area contributed by atoms with E-state index in [2.05, 4.69) is 33.2 Å². The summed E-state index contributed by atoms with van der Waals surface area (Å²) in [7, 11) is 5.39. The zero-order valence-electron chi connectivity index (χ0n) is 22.2. The number of nitrogens with one attached hydrogen (secondary N) is 1. The Bertz CT molecular complexity index is 1350. The highest BCUT2D eigenvalue weighted by atomic mass is 35.5. The van der Waals surface area contributed by atoms with Gasteiger partial charge in [0.15, 0.2) is 11.5 Å². The SMILES string of the molecule is COc1cc(Nc2c(C#N)cnc3cc(OCCCN4CCN(C)CC4)c(OC)cc23)c(C2CC2)cc1Cl. The van der Waals surface area contributed by atoms with Crippen LogP contribution in [-0.4, -0.2) is 75.4 Å². The zero-order valence-corrected chi connectivity index (χ0v) is 23.0. The van der Waals surface area contributed by atoms with Crippen LogP contribution in [0.3, 0.4) is 0 Å². The Kier molecular flexibility index (Phi) is 8.08. The van der Waals surface area contributed by atoms with Crippen molar-refractivity contribution in [1.29, 1.82) is 5.26 Å². The number of benzene rings is 2. The van der Waals surface area contributed by atoms with Crippen LogP contribution in [0.15, 0.2) is 30.5 Å². The van der Waals surface area contributed by atoms with Gasteiger partial charge in [0, 0.05) is 62.1 Å². The molecule has 1 saturated heterocycles. The van der Waals surface area contributed by atoms with Gasteiger partial charge in [0.25, 0.3) is 0 Å². The van der Waals surface area contributed by atoms with Gasteiger partial charge in [-0.05, 0) is 49.9 Å². The Morgan fingerprint density at radius 2 is 1.82 bits per heavy atom. The van der Waals surface area contributed by atoms with Gasteiger partial charge in [0.2, 0.25) is 0 Å². The van der Waals surface area contributed by atoms with Crippen molar-refractivity contribution >= 4 is 33.9 Å². The van der Waals surface area contributed by atoms with Crippen molar-refractivity contribution in [1.82, 2.24) is 14.8 Å². The summed E-state index contributed by atoms with van der Waals surface area (Å²) in [6.07, 6.45) is 4.75. The number of aromatic nitrogens is 1. The Labute approximate surface area is 229 Å². The summed E-state index contributed by atoms with van der Waals surface area (Å²) in [5, 5.41) is 14.8. The van der Waals surface area contributed by atoms with Crippen LogP contribution in [-0.2, 0) is 0 Å². The van der Waals surface area contributed by atoms with E-state index in [-0.39, 0.29) is 0 Å². The van der Waals surface area contributed by atoms with Crippen LogP contribution >= 0.6 is 11.6 Å². The first-order valence-corrected chi connectivity index (χ1v) is 13.5. The third-order valence-corrected chi connectivity index (χ3v) is 7.64. The molecule has 2 fully saturated rings. The first-order chi connectivity index (χ1) is 18.5. The molecule has 1 aliphatic heterocycles. The number of pyridine rings is 1. The topological polar surface area (TPSA) is 82.9 Å². The van der Waals surface area contributed by atoms with E-state index in [0.29, 0.717) is 46.0 Å². The van der Waals surface area contributed by atoms with E-state index in [1.54, 1.807) is 20.4 Å². The molecule has 1 saturated carbocycles. The van der Waals surface area contributed by atoms with Crippen LogP contribution in [0.4, 0.5) is 11.4 Å². The Balaban J connectivity index is 1.40. The van der Waals surface area contributed by atoms with Gasteiger partial charge in [-0.3, -0.25) is 4.98 Å². The highest BCUT2D eigenvalue weighted by Crippen LogP contribution is 2.48. The van der Waals surface area contributed by atoms with E-state index in [0.717, 1.165) is 74.1 Å². The van der Waals surface area contributed by atoms with Crippen molar-refractivity contribution in [3.05, 3.63) is 46.6 Å². The molecule has 0 atom stereocenters. The lowest BCUT2D eigenvalue weighted by atomic mass is 10.0. The molecule has 0 amide bonds. The van der Waals surface area contributed by atoms with Gasteiger partial charge in [-0.1, -0.05) is 11.6 Å². The summed E-state index contributed by atoms with van der Waals surface area (Å²) in [6.45, 7) is 6.01. The second-order valence-corrected chi connectivity index (χ2v) is 10.4. The van der Waals surface area contributed by atoms with Gasteiger partial charge in [-0.2, -0.15) is 5.26 Å². The maximum Gasteiger partial charge on any atom is 0.163 e. The van der Waals surface area contributed by atoms with Crippen molar-refractivity contribution in [2.45, 2.75) is 25.2 Å². The number of anilines is 2. The number of ether oxygens (including phenoxy) is 3. The van der Waals surface area contributed by atoms with Crippen molar-refractivity contribution in [2.75, 3.05) is 65.9 Å². The third kappa shape index (κ3) is 5.75. The molecule has 0 spiro atoms. The van der Waals surface area contributed by atoms with E-state index < -0.39 is 0 Å². The first kappa shape index (κ1) is 26.4. The molecule has 0 bridgehead atoms. The fourth-order valence-corrected chi connectivity index (χ4v) is 5.18. The predicted octanol–water partition coefficient (Wildman–Crippen LogP) is 5.41. The number of hydrogen-bond acceptors (Lipinski definition) is 8. The quantitative estimate of drug-likeness (QED) is 0.345. The molecule has 2 heterocycles. The standard InChI is InChI=1S/C29H34ClN5O3/c1-34-8-10-35(11-9-34)7-4-12-38-28-15-24-22(14-27(28)37-3)29(20(17-31)18-32-24)33-25-16-26(36-2)23(30)13-21(25)19-5-6-19/h13-16,18-19H,4-12H2,1-3H3,(H,32,33). The van der Waals surface area contributed by atoms with Crippen molar-refractivity contribution < 1.29 is 14.2 Å². The number of methoxy groups -OCH3 is 2. The molecular formula is C29H34ClN5O3. The minimum absolute atomic E-state index is 0.441. The largest absolute Gasteiger partial charge is 0.495 e. The minimum atomic E-state index is 0.441. The van der Waals surface area contributed by atoms with Crippen LogP contribution in [0.25, 0.3) is 10.9 Å². The van der Waals surface area contributed by atoms with Crippen molar-refractivity contribution in [3.8, 4) is 23.3 Å². The molecule has 0 unspecified atom stereocenters. The molecule has 8 nitrogen and oxygen atoms in total. The molecular weight excluding hydrogens is 502 g/mol.